The van der Waals surface area contributed by atoms with E-state index in [-0.39, 0.29) is 23.5 Å². The van der Waals surface area contributed by atoms with Crippen LogP contribution in [0.25, 0.3) is 0 Å². The Balaban J connectivity index is 2.25. The van der Waals surface area contributed by atoms with Gasteiger partial charge in [-0.25, -0.2) is 4.39 Å². The molecule has 1 amide bonds. The molecule has 0 bridgehead atoms. The molecule has 1 N–H and O–H groups in total. The van der Waals surface area contributed by atoms with E-state index in [1.54, 1.807) is 0 Å². The number of rotatable bonds is 2. The first-order valence-corrected chi connectivity index (χ1v) is 5.38. The average molecular weight is 244 g/mol. The zero-order valence-electron chi connectivity index (χ0n) is 8.49. The molecule has 1 unspecified atom stereocenters. The van der Waals surface area contributed by atoms with E-state index >= 15 is 0 Å². The van der Waals surface area contributed by atoms with Gasteiger partial charge < -0.3 is 10.0 Å². The largest absolute Gasteiger partial charge is 0.396 e. The Morgan fingerprint density at radius 1 is 1.56 bits per heavy atom. The Bertz CT molecular complexity index is 424. The average Bonchev–Trinajstić information content (AvgIpc) is 2.64. The number of aliphatic hydroxyl groups excluding tert-OH is 1. The van der Waals surface area contributed by atoms with Crippen molar-refractivity contribution in [3.05, 3.63) is 29.0 Å². The predicted octanol–water partition coefficient (Wildman–Crippen LogP) is 1.82. The minimum absolute atomic E-state index is 0.00208. The molecule has 0 saturated carbocycles. The lowest BCUT2D eigenvalue weighted by molar-refractivity contribution is -0.121. The van der Waals surface area contributed by atoms with Gasteiger partial charge >= 0.3 is 0 Å². The van der Waals surface area contributed by atoms with Crippen LogP contribution in [0.4, 0.5) is 10.1 Å². The number of carbonyl (C=O) groups is 1. The van der Waals surface area contributed by atoms with E-state index in [1.165, 1.54) is 23.1 Å². The first-order chi connectivity index (χ1) is 7.63. The van der Waals surface area contributed by atoms with Gasteiger partial charge in [0.15, 0.2) is 0 Å². The highest BCUT2D eigenvalue weighted by Crippen LogP contribution is 2.28. The van der Waals surface area contributed by atoms with Gasteiger partial charge in [0.2, 0.25) is 5.91 Å². The van der Waals surface area contributed by atoms with Crippen LogP contribution in [0.2, 0.25) is 5.02 Å². The summed E-state index contributed by atoms with van der Waals surface area (Å²) in [6.45, 7) is 0.385. The van der Waals surface area contributed by atoms with Crippen LogP contribution in [0.15, 0.2) is 18.2 Å². The van der Waals surface area contributed by atoms with Crippen molar-refractivity contribution in [2.24, 2.45) is 5.92 Å². The number of carbonyl (C=O) groups excluding carboxylic acids is 1. The van der Waals surface area contributed by atoms with Crippen molar-refractivity contribution in [1.82, 2.24) is 0 Å². The van der Waals surface area contributed by atoms with Gasteiger partial charge in [0.1, 0.15) is 5.82 Å². The van der Waals surface area contributed by atoms with Crippen LogP contribution in [0, 0.1) is 11.7 Å². The summed E-state index contributed by atoms with van der Waals surface area (Å²) in [6.07, 6.45) is 0.615. The monoisotopic (exact) mass is 243 g/mol. The maximum absolute atomic E-state index is 13.0. The summed E-state index contributed by atoms with van der Waals surface area (Å²) in [5.41, 5.74) is 0.576. The molecule has 1 saturated heterocycles. The number of halogens is 2. The van der Waals surface area contributed by atoms with E-state index in [0.717, 1.165) is 0 Å². The zero-order chi connectivity index (χ0) is 11.7. The Labute approximate surface area is 97.4 Å². The highest BCUT2D eigenvalue weighted by molar-refractivity contribution is 6.31. The second-order valence-corrected chi connectivity index (χ2v) is 4.16. The standard InChI is InChI=1S/C11H11ClFNO2/c12-9-5-8(1-2-10(9)13)14-4-3-7(6-15)11(14)16/h1-2,5,7,15H,3-4,6H2. The predicted molar refractivity (Wildman–Crippen MR) is 59.0 cm³/mol. The van der Waals surface area contributed by atoms with Gasteiger partial charge in [-0.1, -0.05) is 11.6 Å². The minimum atomic E-state index is -0.504. The summed E-state index contributed by atoms with van der Waals surface area (Å²) in [5.74, 6) is -0.982. The minimum Gasteiger partial charge on any atom is -0.396 e. The van der Waals surface area contributed by atoms with Gasteiger partial charge in [-0.3, -0.25) is 4.79 Å². The summed E-state index contributed by atoms with van der Waals surface area (Å²) in [6, 6.07) is 4.17. The molecular weight excluding hydrogens is 233 g/mol. The zero-order valence-corrected chi connectivity index (χ0v) is 9.25. The lowest BCUT2D eigenvalue weighted by Gasteiger charge is -2.16. The highest BCUT2D eigenvalue weighted by atomic mass is 35.5. The van der Waals surface area contributed by atoms with Crippen molar-refractivity contribution in [2.75, 3.05) is 18.1 Å². The molecule has 3 nitrogen and oxygen atoms in total. The third-order valence-electron chi connectivity index (χ3n) is 2.75. The van der Waals surface area contributed by atoms with Gasteiger partial charge in [-0.2, -0.15) is 0 Å². The first kappa shape index (κ1) is 11.4. The van der Waals surface area contributed by atoms with E-state index < -0.39 is 5.82 Å². The fourth-order valence-corrected chi connectivity index (χ4v) is 1.99. The summed E-state index contributed by atoms with van der Waals surface area (Å²) < 4.78 is 13.0. The normalized spacial score (nSPS) is 20.6. The van der Waals surface area contributed by atoms with Crippen LogP contribution in [0.3, 0.4) is 0 Å². The number of hydrogen-bond donors (Lipinski definition) is 1. The molecule has 1 fully saturated rings. The van der Waals surface area contributed by atoms with Gasteiger partial charge in [-0.15, -0.1) is 0 Å². The molecule has 1 aromatic carbocycles. The van der Waals surface area contributed by atoms with Crippen molar-refractivity contribution < 1.29 is 14.3 Å². The molecule has 5 heteroatoms. The van der Waals surface area contributed by atoms with Gasteiger partial charge in [0.05, 0.1) is 17.5 Å². The maximum atomic E-state index is 13.0. The maximum Gasteiger partial charge on any atom is 0.232 e. The third kappa shape index (κ3) is 1.90. The Morgan fingerprint density at radius 3 is 2.88 bits per heavy atom. The van der Waals surface area contributed by atoms with Gasteiger partial charge in [-0.05, 0) is 24.6 Å². The van der Waals surface area contributed by atoms with E-state index in [4.69, 9.17) is 16.7 Å². The van der Waals surface area contributed by atoms with E-state index in [9.17, 15) is 9.18 Å². The summed E-state index contributed by atoms with van der Waals surface area (Å²) in [5, 5.41) is 8.96. The Hall–Kier alpha value is -1.13. The van der Waals surface area contributed by atoms with Crippen molar-refractivity contribution in [1.29, 1.82) is 0 Å². The molecule has 1 atom stereocenters. The first-order valence-electron chi connectivity index (χ1n) is 5.00. The molecule has 0 aliphatic carbocycles. The van der Waals surface area contributed by atoms with Crippen LogP contribution in [-0.4, -0.2) is 24.2 Å². The summed E-state index contributed by atoms with van der Waals surface area (Å²) >= 11 is 5.65. The highest BCUT2D eigenvalue weighted by Gasteiger charge is 2.31. The molecule has 0 spiro atoms. The molecular formula is C11H11ClFNO2. The van der Waals surface area contributed by atoms with Crippen molar-refractivity contribution in [3.8, 4) is 0 Å². The molecule has 0 radical (unpaired) electrons. The molecule has 2 rings (SSSR count). The second kappa shape index (κ2) is 4.39. The van der Waals surface area contributed by atoms with Gasteiger partial charge in [0.25, 0.3) is 0 Å². The van der Waals surface area contributed by atoms with Crippen LogP contribution >= 0.6 is 11.6 Å². The van der Waals surface area contributed by atoms with Crippen LogP contribution in [0.1, 0.15) is 6.42 Å². The number of aliphatic hydroxyl groups is 1. The lowest BCUT2D eigenvalue weighted by Crippen LogP contribution is -2.28. The van der Waals surface area contributed by atoms with Crippen LogP contribution in [-0.2, 0) is 4.79 Å². The number of benzene rings is 1. The Kier molecular flexibility index (Phi) is 3.12. The van der Waals surface area contributed by atoms with Gasteiger partial charge in [0, 0.05) is 12.2 Å². The summed E-state index contributed by atoms with van der Waals surface area (Å²) in [4.78, 5) is 13.3. The fraction of sp³-hybridized carbons (Fsp3) is 0.364. The lowest BCUT2D eigenvalue weighted by atomic mass is 10.1. The number of amides is 1. The number of anilines is 1. The topological polar surface area (TPSA) is 40.5 Å². The van der Waals surface area contributed by atoms with E-state index in [2.05, 4.69) is 0 Å². The molecule has 1 heterocycles. The van der Waals surface area contributed by atoms with E-state index in [1.807, 2.05) is 0 Å². The van der Waals surface area contributed by atoms with Crippen LogP contribution < -0.4 is 4.90 Å². The molecule has 0 aromatic heterocycles. The SMILES string of the molecule is O=C1C(CO)CCN1c1ccc(F)c(Cl)c1. The fourth-order valence-electron chi connectivity index (χ4n) is 1.82. The summed E-state index contributed by atoms with van der Waals surface area (Å²) in [7, 11) is 0. The molecule has 1 aromatic rings. The van der Waals surface area contributed by atoms with Crippen molar-refractivity contribution in [2.45, 2.75) is 6.42 Å². The van der Waals surface area contributed by atoms with Crippen LogP contribution in [0.5, 0.6) is 0 Å². The molecule has 86 valence electrons. The van der Waals surface area contributed by atoms with Crippen molar-refractivity contribution in [3.63, 3.8) is 0 Å². The second-order valence-electron chi connectivity index (χ2n) is 3.76. The molecule has 1 aliphatic heterocycles. The van der Waals surface area contributed by atoms with Crippen molar-refractivity contribution >= 4 is 23.2 Å². The number of hydrogen-bond acceptors (Lipinski definition) is 2. The molecule has 1 aliphatic rings. The van der Waals surface area contributed by atoms with E-state index in [0.29, 0.717) is 18.7 Å². The number of nitrogens with zero attached hydrogens (tertiary/aromatic N) is 1. The third-order valence-corrected chi connectivity index (χ3v) is 3.04. The molecule has 16 heavy (non-hydrogen) atoms. The Morgan fingerprint density at radius 2 is 2.31 bits per heavy atom. The quantitative estimate of drug-likeness (QED) is 0.861. The smallest absolute Gasteiger partial charge is 0.232 e.